The highest BCUT2D eigenvalue weighted by Crippen LogP contribution is 2.34. The number of non-ortho nitro benzene ring substituents is 1. The number of hydrogen-bond acceptors (Lipinski definition) is 4. The van der Waals surface area contributed by atoms with E-state index < -0.39 is 34.0 Å². The molecule has 0 atom stereocenters. The smallest absolute Gasteiger partial charge is 0.416 e. The summed E-state index contributed by atoms with van der Waals surface area (Å²) in [6.07, 6.45) is -3.05. The highest BCUT2D eigenvalue weighted by Gasteiger charge is 2.33. The fraction of sp³-hybridized carbons (Fsp3) is 0.400. The molecule has 0 fully saturated rings. The number of benzene rings is 1. The number of rotatable bonds is 4. The van der Waals surface area contributed by atoms with Gasteiger partial charge in [-0.3, -0.25) is 10.1 Å². The molecule has 0 bridgehead atoms. The van der Waals surface area contributed by atoms with Crippen molar-refractivity contribution in [2.75, 3.05) is 6.54 Å². The van der Waals surface area contributed by atoms with Gasteiger partial charge in [0.05, 0.1) is 10.5 Å². The Bertz CT molecular complexity index is 649. The second kappa shape index (κ2) is 7.33. The number of alkyl carbamates (subject to hydrolysis) is 1. The van der Waals surface area contributed by atoms with E-state index in [0.717, 1.165) is 18.2 Å². The van der Waals surface area contributed by atoms with Crippen molar-refractivity contribution < 1.29 is 27.6 Å². The van der Waals surface area contributed by atoms with Gasteiger partial charge in [-0.15, -0.1) is 0 Å². The lowest BCUT2D eigenvalue weighted by Gasteiger charge is -2.19. The Hall–Kier alpha value is -2.58. The molecule has 6 nitrogen and oxygen atoms in total. The summed E-state index contributed by atoms with van der Waals surface area (Å²) in [7, 11) is 0. The molecule has 0 heterocycles. The molecule has 1 aromatic rings. The third kappa shape index (κ3) is 6.27. The molecule has 24 heavy (non-hydrogen) atoms. The van der Waals surface area contributed by atoms with Crippen molar-refractivity contribution in [2.45, 2.75) is 32.5 Å². The van der Waals surface area contributed by atoms with E-state index >= 15 is 0 Å². The Labute approximate surface area is 136 Å². The Morgan fingerprint density at radius 1 is 1.33 bits per heavy atom. The topological polar surface area (TPSA) is 81.5 Å². The maximum absolute atomic E-state index is 12.9. The van der Waals surface area contributed by atoms with Crippen LogP contribution in [0.3, 0.4) is 0 Å². The molecule has 1 rings (SSSR count). The normalized spacial score (nSPS) is 12.2. The Kier molecular flexibility index (Phi) is 5.94. The second-order valence-electron chi connectivity index (χ2n) is 5.81. The van der Waals surface area contributed by atoms with Gasteiger partial charge in [0.2, 0.25) is 0 Å². The number of carbonyl (C=O) groups is 1. The van der Waals surface area contributed by atoms with E-state index in [-0.39, 0.29) is 12.1 Å². The third-order valence-corrected chi connectivity index (χ3v) is 2.61. The van der Waals surface area contributed by atoms with E-state index in [0.29, 0.717) is 6.07 Å². The van der Waals surface area contributed by atoms with Crippen LogP contribution >= 0.6 is 0 Å². The lowest BCUT2D eigenvalue weighted by Crippen LogP contribution is -2.32. The van der Waals surface area contributed by atoms with Crippen LogP contribution in [0.1, 0.15) is 31.9 Å². The van der Waals surface area contributed by atoms with Crippen LogP contribution in [-0.2, 0) is 10.9 Å². The van der Waals surface area contributed by atoms with Crippen LogP contribution in [0, 0.1) is 10.1 Å². The lowest BCUT2D eigenvalue weighted by molar-refractivity contribution is -0.384. The molecular weight excluding hydrogens is 329 g/mol. The van der Waals surface area contributed by atoms with Crippen molar-refractivity contribution in [3.63, 3.8) is 0 Å². The van der Waals surface area contributed by atoms with Gasteiger partial charge in [-0.25, -0.2) is 4.79 Å². The van der Waals surface area contributed by atoms with Crippen LogP contribution in [0.25, 0.3) is 6.08 Å². The highest BCUT2D eigenvalue weighted by molar-refractivity contribution is 5.68. The Balaban J connectivity index is 2.87. The number of nitrogens with zero attached hydrogens (tertiary/aromatic N) is 1. The standard InChI is InChI=1S/C15H17F3N2O4/c1-14(2,3)24-13(21)19-8-4-5-10-9-11(20(22)23)6-7-12(10)15(16,17)18/h4-7,9H,8H2,1-3H3,(H,19,21). The van der Waals surface area contributed by atoms with Crippen molar-refractivity contribution in [1.82, 2.24) is 5.32 Å². The minimum absolute atomic E-state index is 0.0884. The summed E-state index contributed by atoms with van der Waals surface area (Å²) >= 11 is 0. The number of hydrogen-bond donors (Lipinski definition) is 1. The van der Waals surface area contributed by atoms with Crippen LogP contribution in [0.5, 0.6) is 0 Å². The molecule has 132 valence electrons. The fourth-order valence-electron chi connectivity index (χ4n) is 1.70. The van der Waals surface area contributed by atoms with Crippen molar-refractivity contribution in [3.05, 3.63) is 45.5 Å². The number of halogens is 3. The first-order valence-electron chi connectivity index (χ1n) is 6.89. The van der Waals surface area contributed by atoms with Gasteiger partial charge in [-0.2, -0.15) is 13.2 Å². The zero-order chi connectivity index (χ0) is 18.5. The lowest BCUT2D eigenvalue weighted by atomic mass is 10.1. The summed E-state index contributed by atoms with van der Waals surface area (Å²) in [6, 6.07) is 2.27. The monoisotopic (exact) mass is 346 g/mol. The molecule has 1 amide bonds. The molecule has 0 saturated carbocycles. The van der Waals surface area contributed by atoms with E-state index in [1.165, 1.54) is 6.08 Å². The van der Waals surface area contributed by atoms with E-state index in [4.69, 9.17) is 4.74 Å². The van der Waals surface area contributed by atoms with Crippen LogP contribution < -0.4 is 5.32 Å². The summed E-state index contributed by atoms with van der Waals surface area (Å²) in [4.78, 5) is 21.3. The van der Waals surface area contributed by atoms with Gasteiger partial charge in [0.1, 0.15) is 5.60 Å². The zero-order valence-electron chi connectivity index (χ0n) is 13.3. The summed E-state index contributed by atoms with van der Waals surface area (Å²) in [5, 5.41) is 13.0. The maximum atomic E-state index is 12.9. The highest BCUT2D eigenvalue weighted by atomic mass is 19.4. The van der Waals surface area contributed by atoms with Crippen LogP contribution in [0.4, 0.5) is 23.7 Å². The number of nitro groups is 1. The molecular formula is C15H17F3N2O4. The fourth-order valence-corrected chi connectivity index (χ4v) is 1.70. The molecule has 0 saturated heterocycles. The Morgan fingerprint density at radius 2 is 1.96 bits per heavy atom. The summed E-state index contributed by atoms with van der Waals surface area (Å²) < 4.78 is 43.7. The molecule has 0 radical (unpaired) electrons. The van der Waals surface area contributed by atoms with Crippen LogP contribution in [0.15, 0.2) is 24.3 Å². The summed E-state index contributed by atoms with van der Waals surface area (Å²) in [5.74, 6) is 0. The molecule has 1 aromatic carbocycles. The van der Waals surface area contributed by atoms with Crippen LogP contribution in [-0.4, -0.2) is 23.2 Å². The third-order valence-electron chi connectivity index (χ3n) is 2.61. The molecule has 9 heteroatoms. The first-order valence-corrected chi connectivity index (χ1v) is 6.89. The SMILES string of the molecule is CC(C)(C)OC(=O)NCC=Cc1cc([N+](=O)[O-])ccc1C(F)(F)F. The molecule has 0 aliphatic heterocycles. The van der Waals surface area contributed by atoms with Crippen LogP contribution in [0.2, 0.25) is 0 Å². The Morgan fingerprint density at radius 3 is 2.46 bits per heavy atom. The molecule has 0 spiro atoms. The first kappa shape index (κ1) is 19.5. The average Bonchev–Trinajstić information content (AvgIpc) is 2.40. The van der Waals surface area contributed by atoms with Crippen molar-refractivity contribution in [2.24, 2.45) is 0 Å². The van der Waals surface area contributed by atoms with Crippen molar-refractivity contribution in [3.8, 4) is 0 Å². The number of nitrogens with one attached hydrogen (secondary N) is 1. The summed E-state index contributed by atoms with van der Waals surface area (Å²) in [5.41, 5.74) is -2.51. The number of ether oxygens (including phenoxy) is 1. The average molecular weight is 346 g/mol. The van der Waals surface area contributed by atoms with Gasteiger partial charge in [0.25, 0.3) is 5.69 Å². The number of alkyl halides is 3. The van der Waals surface area contributed by atoms with Gasteiger partial charge in [0.15, 0.2) is 0 Å². The molecule has 0 aliphatic carbocycles. The number of amides is 1. The minimum atomic E-state index is -4.65. The molecule has 0 aliphatic rings. The second-order valence-corrected chi connectivity index (χ2v) is 5.81. The predicted molar refractivity (Wildman–Crippen MR) is 81.4 cm³/mol. The van der Waals surface area contributed by atoms with Gasteiger partial charge in [0, 0.05) is 18.7 Å². The quantitative estimate of drug-likeness (QED) is 0.656. The number of carbonyl (C=O) groups excluding carboxylic acids is 1. The van der Waals surface area contributed by atoms with E-state index in [9.17, 15) is 28.1 Å². The van der Waals surface area contributed by atoms with E-state index in [1.54, 1.807) is 20.8 Å². The molecule has 1 N–H and O–H groups in total. The molecule has 0 unspecified atom stereocenters. The molecule has 0 aromatic heterocycles. The van der Waals surface area contributed by atoms with Crippen molar-refractivity contribution >= 4 is 17.9 Å². The van der Waals surface area contributed by atoms with Gasteiger partial charge < -0.3 is 10.1 Å². The number of nitro benzene ring substituents is 1. The van der Waals surface area contributed by atoms with Gasteiger partial charge in [-0.05, 0) is 32.4 Å². The predicted octanol–water partition coefficient (Wildman–Crippen LogP) is 4.15. The summed E-state index contributed by atoms with van der Waals surface area (Å²) in [6.45, 7) is 4.91. The maximum Gasteiger partial charge on any atom is 0.416 e. The first-order chi connectivity index (χ1) is 10.9. The minimum Gasteiger partial charge on any atom is -0.444 e. The van der Waals surface area contributed by atoms with Gasteiger partial charge >= 0.3 is 12.3 Å². The van der Waals surface area contributed by atoms with Gasteiger partial charge in [-0.1, -0.05) is 12.2 Å². The van der Waals surface area contributed by atoms with Crippen molar-refractivity contribution in [1.29, 1.82) is 0 Å². The van der Waals surface area contributed by atoms with E-state index in [2.05, 4.69) is 5.32 Å². The zero-order valence-corrected chi connectivity index (χ0v) is 13.3. The largest absolute Gasteiger partial charge is 0.444 e. The van der Waals surface area contributed by atoms with E-state index in [1.807, 2.05) is 0 Å².